The van der Waals surface area contributed by atoms with Crippen molar-refractivity contribution >= 4 is 17.2 Å². The summed E-state index contributed by atoms with van der Waals surface area (Å²) in [6.45, 7) is 3.07. The molecule has 0 aliphatic heterocycles. The van der Waals surface area contributed by atoms with E-state index in [-0.39, 0.29) is 5.91 Å². The van der Waals surface area contributed by atoms with Gasteiger partial charge in [-0.25, -0.2) is 4.98 Å². The highest BCUT2D eigenvalue weighted by Gasteiger charge is 2.07. The molecule has 4 aromatic rings. The number of benzene rings is 2. The molecule has 2 aromatic carbocycles. The van der Waals surface area contributed by atoms with Crippen molar-refractivity contribution in [3.05, 3.63) is 112 Å². The third-order valence-electron chi connectivity index (χ3n) is 4.56. The number of aromatic nitrogens is 2. The van der Waals surface area contributed by atoms with Crippen LogP contribution in [0.2, 0.25) is 0 Å². The van der Waals surface area contributed by atoms with Crippen molar-refractivity contribution in [3.8, 4) is 5.75 Å². The molecule has 2 aromatic heterocycles. The molecular weight excluding hydrogens is 394 g/mol. The van der Waals surface area contributed by atoms with Crippen LogP contribution in [0.4, 0.5) is 0 Å². The second kappa shape index (κ2) is 9.33. The number of hydrogen-bond acceptors (Lipinski definition) is 4. The maximum Gasteiger partial charge on any atom is 0.279 e. The van der Waals surface area contributed by atoms with Gasteiger partial charge in [-0.15, -0.1) is 11.3 Å². The Morgan fingerprint density at radius 3 is 2.77 bits per heavy atom. The van der Waals surface area contributed by atoms with Gasteiger partial charge in [0.2, 0.25) is 0 Å². The molecular formula is C24H21N3O2S. The number of thiazole rings is 1. The number of rotatable bonds is 6. The van der Waals surface area contributed by atoms with Crippen LogP contribution in [0.3, 0.4) is 0 Å². The fourth-order valence-electron chi connectivity index (χ4n) is 2.95. The molecule has 0 radical (unpaired) electrons. The molecule has 2 heterocycles. The molecule has 0 N–H and O–H groups in total. The Hall–Kier alpha value is -3.51. The highest BCUT2D eigenvalue weighted by atomic mass is 32.1. The summed E-state index contributed by atoms with van der Waals surface area (Å²) >= 11 is 1.52. The van der Waals surface area contributed by atoms with E-state index >= 15 is 0 Å². The quantitative estimate of drug-likeness (QED) is 0.462. The first-order chi connectivity index (χ1) is 14.7. The van der Waals surface area contributed by atoms with Gasteiger partial charge in [-0.2, -0.15) is 4.99 Å². The predicted molar refractivity (Wildman–Crippen MR) is 117 cm³/mol. The van der Waals surface area contributed by atoms with E-state index in [2.05, 4.69) is 41.2 Å². The topological polar surface area (TPSA) is 56.5 Å². The highest BCUT2D eigenvalue weighted by Crippen LogP contribution is 2.16. The maximum atomic E-state index is 12.8. The Labute approximate surface area is 179 Å². The Morgan fingerprint density at radius 2 is 1.97 bits per heavy atom. The molecule has 150 valence electrons. The van der Waals surface area contributed by atoms with Crippen molar-refractivity contribution in [1.29, 1.82) is 0 Å². The highest BCUT2D eigenvalue weighted by molar-refractivity contribution is 7.07. The zero-order valence-electron chi connectivity index (χ0n) is 16.6. The Kier molecular flexibility index (Phi) is 6.15. The van der Waals surface area contributed by atoms with Gasteiger partial charge in [0, 0.05) is 23.7 Å². The van der Waals surface area contributed by atoms with Crippen molar-refractivity contribution in [2.75, 3.05) is 0 Å². The Morgan fingerprint density at radius 1 is 1.10 bits per heavy atom. The van der Waals surface area contributed by atoms with Crippen molar-refractivity contribution < 1.29 is 9.53 Å². The van der Waals surface area contributed by atoms with Crippen LogP contribution in [0, 0.1) is 6.92 Å². The van der Waals surface area contributed by atoms with E-state index in [4.69, 9.17) is 4.74 Å². The summed E-state index contributed by atoms with van der Waals surface area (Å²) in [6, 6.07) is 21.1. The van der Waals surface area contributed by atoms with E-state index in [1.165, 1.54) is 16.9 Å². The van der Waals surface area contributed by atoms with Crippen LogP contribution < -0.4 is 10.2 Å². The number of nitrogens with zero attached hydrogens (tertiary/aromatic N) is 3. The van der Waals surface area contributed by atoms with Crippen LogP contribution in [0.1, 0.15) is 27.2 Å². The van der Waals surface area contributed by atoms with Gasteiger partial charge >= 0.3 is 0 Å². The van der Waals surface area contributed by atoms with E-state index < -0.39 is 0 Å². The smallest absolute Gasteiger partial charge is 0.279 e. The van der Waals surface area contributed by atoms with E-state index in [9.17, 15) is 4.79 Å². The number of carbonyl (C=O) groups is 1. The van der Waals surface area contributed by atoms with Crippen LogP contribution in [-0.2, 0) is 13.2 Å². The number of hydrogen-bond donors (Lipinski definition) is 0. The fourth-order valence-corrected chi connectivity index (χ4v) is 3.49. The monoisotopic (exact) mass is 415 g/mol. The van der Waals surface area contributed by atoms with Crippen LogP contribution in [0.15, 0.2) is 88.8 Å². The molecule has 0 fully saturated rings. The lowest BCUT2D eigenvalue weighted by Crippen LogP contribution is -2.22. The minimum absolute atomic E-state index is 0.307. The Bertz CT molecular complexity index is 1200. The number of pyridine rings is 1. The first kappa shape index (κ1) is 19.8. The van der Waals surface area contributed by atoms with E-state index in [0.29, 0.717) is 30.0 Å². The number of ether oxygens (including phenoxy) is 1. The second-order valence-electron chi connectivity index (χ2n) is 6.89. The van der Waals surface area contributed by atoms with Crippen LogP contribution in [0.5, 0.6) is 5.75 Å². The van der Waals surface area contributed by atoms with Crippen molar-refractivity contribution in [1.82, 2.24) is 9.55 Å². The molecule has 0 unspecified atom stereocenters. The lowest BCUT2D eigenvalue weighted by molar-refractivity contribution is 0.0996. The summed E-state index contributed by atoms with van der Waals surface area (Å²) in [6.07, 6.45) is 1.93. The molecule has 0 saturated carbocycles. The average molecular weight is 416 g/mol. The molecule has 30 heavy (non-hydrogen) atoms. The van der Waals surface area contributed by atoms with Gasteiger partial charge in [0.05, 0.1) is 11.2 Å². The molecule has 6 heteroatoms. The van der Waals surface area contributed by atoms with Crippen LogP contribution in [-0.4, -0.2) is 15.5 Å². The van der Waals surface area contributed by atoms with Crippen molar-refractivity contribution in [3.63, 3.8) is 0 Å². The molecule has 0 atom stereocenters. The first-order valence-electron chi connectivity index (χ1n) is 9.57. The Balaban J connectivity index is 1.54. The third kappa shape index (κ3) is 5.10. The van der Waals surface area contributed by atoms with Gasteiger partial charge in [-0.05, 0) is 42.8 Å². The molecule has 4 rings (SSSR count). The number of aryl methyl sites for hydroxylation is 1. The molecule has 0 aliphatic rings. The molecule has 1 amide bonds. The van der Waals surface area contributed by atoms with E-state index in [1.807, 2.05) is 40.4 Å². The van der Waals surface area contributed by atoms with Gasteiger partial charge in [0.15, 0.2) is 0 Å². The maximum absolute atomic E-state index is 12.8. The summed E-state index contributed by atoms with van der Waals surface area (Å²) < 4.78 is 7.71. The van der Waals surface area contributed by atoms with Gasteiger partial charge in [-0.1, -0.05) is 42.0 Å². The first-order valence-corrected chi connectivity index (χ1v) is 10.5. The minimum Gasteiger partial charge on any atom is -0.487 e. The van der Waals surface area contributed by atoms with Crippen LogP contribution in [0.25, 0.3) is 0 Å². The largest absolute Gasteiger partial charge is 0.487 e. The summed E-state index contributed by atoms with van der Waals surface area (Å²) in [4.78, 5) is 21.4. The summed E-state index contributed by atoms with van der Waals surface area (Å²) in [5, 5.41) is 1.94. The lowest BCUT2D eigenvalue weighted by atomic mass is 10.1. The lowest BCUT2D eigenvalue weighted by Gasteiger charge is -2.08. The van der Waals surface area contributed by atoms with E-state index in [0.717, 1.165) is 11.3 Å². The van der Waals surface area contributed by atoms with Gasteiger partial charge in [0.1, 0.15) is 17.8 Å². The predicted octanol–water partition coefficient (Wildman–Crippen LogP) is 4.62. The normalized spacial score (nSPS) is 11.4. The van der Waals surface area contributed by atoms with Crippen LogP contribution >= 0.6 is 11.3 Å². The summed E-state index contributed by atoms with van der Waals surface area (Å²) in [5.41, 5.74) is 6.09. The minimum atomic E-state index is -0.307. The summed E-state index contributed by atoms with van der Waals surface area (Å²) in [7, 11) is 0. The average Bonchev–Trinajstić information content (AvgIpc) is 3.29. The number of carbonyl (C=O) groups excluding carboxylic acids is 1. The van der Waals surface area contributed by atoms with Gasteiger partial charge in [0.25, 0.3) is 5.91 Å². The van der Waals surface area contributed by atoms with Gasteiger partial charge in [-0.3, -0.25) is 4.79 Å². The zero-order chi connectivity index (χ0) is 20.8. The van der Waals surface area contributed by atoms with E-state index in [1.54, 1.807) is 23.7 Å². The molecule has 5 nitrogen and oxygen atoms in total. The summed E-state index contributed by atoms with van der Waals surface area (Å²) in [5.74, 6) is 0.308. The standard InChI is InChI=1S/C24H21N3O2S/c1-18-8-10-19(11-9-18)14-27-12-3-2-7-23(27)26-24(28)20-5-4-6-22(13-20)29-15-21-16-30-17-25-21/h2-13,16-17H,14-15H2,1H3. The van der Waals surface area contributed by atoms with Crippen molar-refractivity contribution in [2.45, 2.75) is 20.1 Å². The SMILES string of the molecule is Cc1ccc(Cn2ccccc2=NC(=O)c2cccc(OCc3cscn3)c2)cc1. The number of amides is 1. The second-order valence-corrected chi connectivity index (χ2v) is 7.60. The third-order valence-corrected chi connectivity index (χ3v) is 5.19. The zero-order valence-corrected chi connectivity index (χ0v) is 17.4. The molecule has 0 saturated heterocycles. The molecule has 0 bridgehead atoms. The van der Waals surface area contributed by atoms with Gasteiger partial charge < -0.3 is 9.30 Å². The molecule has 0 spiro atoms. The molecule has 0 aliphatic carbocycles. The fraction of sp³-hybridized carbons (Fsp3) is 0.125. The van der Waals surface area contributed by atoms with Crippen molar-refractivity contribution in [2.24, 2.45) is 4.99 Å².